The van der Waals surface area contributed by atoms with Gasteiger partial charge >= 0.3 is 0 Å². The van der Waals surface area contributed by atoms with Gasteiger partial charge in [0.1, 0.15) is 0 Å². The first kappa shape index (κ1) is 12.4. The smallest absolute Gasteiger partial charge is 0.0613 e. The Balaban J connectivity index is 1.94. The van der Waals surface area contributed by atoms with Crippen LogP contribution in [0.2, 0.25) is 0 Å². The van der Waals surface area contributed by atoms with Crippen molar-refractivity contribution in [1.82, 2.24) is 5.32 Å². The van der Waals surface area contributed by atoms with Gasteiger partial charge in [-0.3, -0.25) is 0 Å². The van der Waals surface area contributed by atoms with Gasteiger partial charge in [0.25, 0.3) is 0 Å². The molecule has 0 bridgehead atoms. The molecule has 2 rings (SSSR count). The van der Waals surface area contributed by atoms with Gasteiger partial charge in [-0.15, -0.1) is 0 Å². The van der Waals surface area contributed by atoms with E-state index in [1.54, 1.807) is 0 Å². The Labute approximate surface area is 99.8 Å². The Hall–Kier alpha value is -0.0800. The summed E-state index contributed by atoms with van der Waals surface area (Å²) in [6.07, 6.45) is 7.50. The van der Waals surface area contributed by atoms with Crippen molar-refractivity contribution in [1.29, 1.82) is 0 Å². The van der Waals surface area contributed by atoms with Crippen LogP contribution in [0.4, 0.5) is 0 Å². The Bertz CT molecular complexity index is 239. The number of rotatable bonds is 4. The maximum Gasteiger partial charge on any atom is 0.0613 e. The van der Waals surface area contributed by atoms with Gasteiger partial charge in [0, 0.05) is 11.6 Å². The van der Waals surface area contributed by atoms with Crippen molar-refractivity contribution < 1.29 is 5.11 Å². The highest BCUT2D eigenvalue weighted by Crippen LogP contribution is 2.49. The minimum absolute atomic E-state index is 0.0253. The monoisotopic (exact) mass is 225 g/mol. The van der Waals surface area contributed by atoms with Crippen LogP contribution in [0.25, 0.3) is 0 Å². The predicted molar refractivity (Wildman–Crippen MR) is 67.4 cm³/mol. The fraction of sp³-hybridized carbons (Fsp3) is 1.00. The van der Waals surface area contributed by atoms with Crippen molar-refractivity contribution in [3.8, 4) is 0 Å². The van der Waals surface area contributed by atoms with Crippen LogP contribution in [0.1, 0.15) is 59.3 Å². The fourth-order valence-electron chi connectivity index (χ4n) is 2.93. The quantitative estimate of drug-likeness (QED) is 0.771. The van der Waals surface area contributed by atoms with Crippen molar-refractivity contribution >= 4 is 0 Å². The van der Waals surface area contributed by atoms with E-state index in [2.05, 4.69) is 26.1 Å². The fourth-order valence-corrected chi connectivity index (χ4v) is 2.93. The van der Waals surface area contributed by atoms with E-state index in [1.165, 1.54) is 25.7 Å². The van der Waals surface area contributed by atoms with Crippen LogP contribution < -0.4 is 5.32 Å². The molecule has 0 saturated heterocycles. The maximum atomic E-state index is 9.70. The lowest BCUT2D eigenvalue weighted by molar-refractivity contribution is 0.0861. The molecule has 2 heteroatoms. The SMILES string of the molecule is CC1CCC(CO)(NC(C)C2(C)CC2)CC1. The first-order chi connectivity index (χ1) is 7.50. The van der Waals surface area contributed by atoms with Gasteiger partial charge in [0.05, 0.1) is 6.61 Å². The molecule has 0 spiro atoms. The summed E-state index contributed by atoms with van der Waals surface area (Å²) >= 11 is 0. The normalized spacial score (nSPS) is 39.4. The predicted octanol–water partition coefficient (Wildman–Crippen LogP) is 2.71. The Morgan fingerprint density at radius 2 is 1.81 bits per heavy atom. The molecule has 94 valence electrons. The molecule has 2 N–H and O–H groups in total. The molecule has 0 aromatic carbocycles. The minimum Gasteiger partial charge on any atom is -0.394 e. The summed E-state index contributed by atoms with van der Waals surface area (Å²) in [6.45, 7) is 7.29. The molecule has 0 amide bonds. The van der Waals surface area contributed by atoms with E-state index in [9.17, 15) is 5.11 Å². The number of hydrogen-bond donors (Lipinski definition) is 2. The van der Waals surface area contributed by atoms with Crippen LogP contribution in [-0.2, 0) is 0 Å². The van der Waals surface area contributed by atoms with Crippen molar-refractivity contribution in [3.63, 3.8) is 0 Å². The van der Waals surface area contributed by atoms with Crippen LogP contribution in [0, 0.1) is 11.3 Å². The summed E-state index contributed by atoms with van der Waals surface area (Å²) in [5, 5.41) is 13.5. The lowest BCUT2D eigenvalue weighted by Gasteiger charge is -2.42. The van der Waals surface area contributed by atoms with E-state index in [4.69, 9.17) is 0 Å². The van der Waals surface area contributed by atoms with Crippen molar-refractivity contribution in [3.05, 3.63) is 0 Å². The zero-order valence-electron chi connectivity index (χ0n) is 11.1. The van der Waals surface area contributed by atoms with Crippen LogP contribution in [0.5, 0.6) is 0 Å². The van der Waals surface area contributed by atoms with E-state index in [0.29, 0.717) is 18.1 Å². The summed E-state index contributed by atoms with van der Waals surface area (Å²) in [7, 11) is 0. The van der Waals surface area contributed by atoms with E-state index in [1.807, 2.05) is 0 Å². The second kappa shape index (κ2) is 4.30. The van der Waals surface area contributed by atoms with Gasteiger partial charge in [0.2, 0.25) is 0 Å². The molecule has 0 aromatic heterocycles. The summed E-state index contributed by atoms with van der Waals surface area (Å²) in [6, 6.07) is 0.549. The third kappa shape index (κ3) is 2.43. The Morgan fingerprint density at radius 1 is 1.25 bits per heavy atom. The second-order valence-electron chi connectivity index (χ2n) is 6.64. The van der Waals surface area contributed by atoms with Crippen molar-refractivity contribution in [2.24, 2.45) is 11.3 Å². The van der Waals surface area contributed by atoms with Crippen LogP contribution in [0.15, 0.2) is 0 Å². The highest BCUT2D eigenvalue weighted by molar-refractivity contribution is 5.02. The number of aliphatic hydroxyl groups is 1. The highest BCUT2D eigenvalue weighted by Gasteiger charge is 2.45. The zero-order chi connectivity index (χ0) is 11.8. The molecule has 1 unspecified atom stereocenters. The van der Waals surface area contributed by atoms with Gasteiger partial charge in [-0.1, -0.05) is 13.8 Å². The van der Waals surface area contributed by atoms with E-state index in [0.717, 1.165) is 18.8 Å². The first-order valence-electron chi connectivity index (χ1n) is 6.88. The van der Waals surface area contributed by atoms with Crippen LogP contribution in [-0.4, -0.2) is 23.3 Å². The summed E-state index contributed by atoms with van der Waals surface area (Å²) in [5.41, 5.74) is 0.531. The van der Waals surface area contributed by atoms with Gasteiger partial charge < -0.3 is 10.4 Å². The van der Waals surface area contributed by atoms with E-state index < -0.39 is 0 Å². The highest BCUT2D eigenvalue weighted by atomic mass is 16.3. The molecule has 2 fully saturated rings. The Morgan fingerprint density at radius 3 is 2.25 bits per heavy atom. The summed E-state index contributed by atoms with van der Waals surface area (Å²) < 4.78 is 0. The average Bonchev–Trinajstić information content (AvgIpc) is 3.02. The molecule has 1 atom stereocenters. The lowest BCUT2D eigenvalue weighted by atomic mass is 9.76. The molecule has 0 radical (unpaired) electrons. The molecule has 0 aromatic rings. The molecule has 2 aliphatic rings. The molecule has 2 saturated carbocycles. The largest absolute Gasteiger partial charge is 0.394 e. The molecular weight excluding hydrogens is 198 g/mol. The Kier molecular flexibility index (Phi) is 3.33. The molecule has 2 nitrogen and oxygen atoms in total. The standard InChI is InChI=1S/C14H27NO/c1-11-4-6-14(10-16,7-5-11)15-12(2)13(3)8-9-13/h11-12,15-16H,4-10H2,1-3H3. The van der Waals surface area contributed by atoms with Gasteiger partial charge in [0.15, 0.2) is 0 Å². The summed E-state index contributed by atoms with van der Waals surface area (Å²) in [5.74, 6) is 0.841. The number of nitrogens with one attached hydrogen (secondary N) is 1. The summed E-state index contributed by atoms with van der Waals surface area (Å²) in [4.78, 5) is 0. The maximum absolute atomic E-state index is 9.70. The third-order valence-electron chi connectivity index (χ3n) is 5.14. The first-order valence-corrected chi connectivity index (χ1v) is 6.88. The molecule has 0 heterocycles. The van der Waals surface area contributed by atoms with Crippen molar-refractivity contribution in [2.45, 2.75) is 70.9 Å². The van der Waals surface area contributed by atoms with Crippen molar-refractivity contribution in [2.75, 3.05) is 6.61 Å². The van der Waals surface area contributed by atoms with Crippen LogP contribution >= 0.6 is 0 Å². The number of hydrogen-bond acceptors (Lipinski definition) is 2. The zero-order valence-corrected chi connectivity index (χ0v) is 11.1. The van der Waals surface area contributed by atoms with Gasteiger partial charge in [-0.05, 0) is 56.8 Å². The van der Waals surface area contributed by atoms with E-state index >= 15 is 0 Å². The average molecular weight is 225 g/mol. The van der Waals surface area contributed by atoms with Gasteiger partial charge in [-0.25, -0.2) is 0 Å². The number of aliphatic hydroxyl groups excluding tert-OH is 1. The molecule has 0 aliphatic heterocycles. The lowest BCUT2D eigenvalue weighted by Crippen LogP contribution is -2.56. The molecule has 2 aliphatic carbocycles. The topological polar surface area (TPSA) is 32.3 Å². The van der Waals surface area contributed by atoms with Gasteiger partial charge in [-0.2, -0.15) is 0 Å². The second-order valence-corrected chi connectivity index (χ2v) is 6.64. The molecule has 16 heavy (non-hydrogen) atoms. The van der Waals surface area contributed by atoms with Crippen LogP contribution in [0.3, 0.4) is 0 Å². The third-order valence-corrected chi connectivity index (χ3v) is 5.14. The minimum atomic E-state index is 0.0253. The molecular formula is C14H27NO. The van der Waals surface area contributed by atoms with E-state index in [-0.39, 0.29) is 5.54 Å².